The molecular weight excluding hydrogens is 220 g/mol. The zero-order valence-corrected chi connectivity index (χ0v) is 9.33. The molecule has 1 aromatic rings. The van der Waals surface area contributed by atoms with Crippen molar-refractivity contribution in [1.82, 2.24) is 20.3 Å². The summed E-state index contributed by atoms with van der Waals surface area (Å²) >= 11 is 0. The lowest BCUT2D eigenvalue weighted by atomic mass is 9.92. The zero-order chi connectivity index (χ0) is 11.8. The second-order valence-electron chi connectivity index (χ2n) is 4.40. The first-order valence-corrected chi connectivity index (χ1v) is 5.74. The molecule has 2 fully saturated rings. The van der Waals surface area contributed by atoms with Crippen molar-refractivity contribution in [3.05, 3.63) is 6.33 Å². The zero-order valence-electron chi connectivity index (χ0n) is 9.33. The smallest absolute Gasteiger partial charge is 0.230 e. The van der Waals surface area contributed by atoms with E-state index in [4.69, 9.17) is 5.73 Å². The first kappa shape index (κ1) is 10.2. The highest BCUT2D eigenvalue weighted by Gasteiger charge is 2.41. The highest BCUT2D eigenvalue weighted by atomic mass is 16.2. The number of nitrogens with one attached hydrogen (secondary N) is 1. The van der Waals surface area contributed by atoms with E-state index in [1.165, 1.54) is 6.33 Å². The lowest BCUT2D eigenvalue weighted by Gasteiger charge is -2.35. The Bertz CT molecular complexity index is 450. The number of anilines is 2. The largest absolute Gasteiger partial charge is 0.368 e. The van der Waals surface area contributed by atoms with Crippen LogP contribution in [0, 0.1) is 5.92 Å². The standard InChI is InChI=1S/C10H14N6O/c11-9-13-5-14-10(15-9)16-3-1-2-6-7(16)4-12-8(6)17/h5-7H,1-4H2,(H,12,17)(H2,11,13,14,15). The van der Waals surface area contributed by atoms with Crippen LogP contribution in [0.5, 0.6) is 0 Å². The van der Waals surface area contributed by atoms with Gasteiger partial charge in [-0.3, -0.25) is 4.79 Å². The first-order valence-electron chi connectivity index (χ1n) is 5.74. The molecular formula is C10H14N6O. The number of rotatable bonds is 1. The van der Waals surface area contributed by atoms with Crippen LogP contribution in [0.2, 0.25) is 0 Å². The van der Waals surface area contributed by atoms with Gasteiger partial charge >= 0.3 is 0 Å². The van der Waals surface area contributed by atoms with E-state index in [-0.39, 0.29) is 23.8 Å². The molecule has 2 aliphatic rings. The monoisotopic (exact) mass is 234 g/mol. The molecule has 0 saturated carbocycles. The fourth-order valence-corrected chi connectivity index (χ4v) is 2.64. The fourth-order valence-electron chi connectivity index (χ4n) is 2.64. The third-order valence-electron chi connectivity index (χ3n) is 3.44. The second kappa shape index (κ2) is 3.83. The molecule has 1 amide bonds. The molecule has 2 unspecified atom stereocenters. The van der Waals surface area contributed by atoms with Crippen molar-refractivity contribution in [3.8, 4) is 0 Å². The number of nitrogens with zero attached hydrogens (tertiary/aromatic N) is 4. The molecule has 3 N–H and O–H groups in total. The van der Waals surface area contributed by atoms with Gasteiger partial charge in [-0.25, -0.2) is 9.97 Å². The van der Waals surface area contributed by atoms with Crippen molar-refractivity contribution in [2.24, 2.45) is 5.92 Å². The summed E-state index contributed by atoms with van der Waals surface area (Å²) in [4.78, 5) is 25.7. The maximum Gasteiger partial charge on any atom is 0.230 e. The van der Waals surface area contributed by atoms with Crippen LogP contribution in [0.25, 0.3) is 0 Å². The number of carbonyl (C=O) groups excluding carboxylic acids is 1. The number of amides is 1. The molecule has 1 aromatic heterocycles. The predicted molar refractivity (Wildman–Crippen MR) is 61.1 cm³/mol. The van der Waals surface area contributed by atoms with Gasteiger partial charge in [-0.1, -0.05) is 0 Å². The van der Waals surface area contributed by atoms with Crippen LogP contribution in [0.15, 0.2) is 6.33 Å². The SMILES string of the molecule is Nc1ncnc(N2CCCC3C(=O)NCC32)n1. The van der Waals surface area contributed by atoms with Crippen LogP contribution in [-0.4, -0.2) is 40.0 Å². The van der Waals surface area contributed by atoms with Crippen LogP contribution in [0.4, 0.5) is 11.9 Å². The van der Waals surface area contributed by atoms with Crippen molar-refractivity contribution in [3.63, 3.8) is 0 Å². The molecule has 3 heterocycles. The normalized spacial score (nSPS) is 27.8. The molecule has 2 aliphatic heterocycles. The van der Waals surface area contributed by atoms with Gasteiger partial charge in [0.05, 0.1) is 12.0 Å². The molecule has 17 heavy (non-hydrogen) atoms. The van der Waals surface area contributed by atoms with Crippen molar-refractivity contribution >= 4 is 17.8 Å². The van der Waals surface area contributed by atoms with Crippen LogP contribution >= 0.6 is 0 Å². The Kier molecular flexibility index (Phi) is 2.31. The number of hydrogen-bond donors (Lipinski definition) is 2. The van der Waals surface area contributed by atoms with Crippen molar-refractivity contribution in [2.75, 3.05) is 23.7 Å². The first-order chi connectivity index (χ1) is 8.25. The van der Waals surface area contributed by atoms with Crippen molar-refractivity contribution in [2.45, 2.75) is 18.9 Å². The molecule has 0 bridgehead atoms. The molecule has 90 valence electrons. The number of fused-ring (bicyclic) bond motifs is 1. The van der Waals surface area contributed by atoms with E-state index in [2.05, 4.69) is 25.2 Å². The van der Waals surface area contributed by atoms with Gasteiger partial charge in [0.1, 0.15) is 6.33 Å². The Morgan fingerprint density at radius 1 is 1.47 bits per heavy atom. The van der Waals surface area contributed by atoms with Crippen LogP contribution in [-0.2, 0) is 4.79 Å². The molecule has 7 nitrogen and oxygen atoms in total. The molecule has 2 atom stereocenters. The van der Waals surface area contributed by atoms with E-state index in [1.807, 2.05) is 0 Å². The summed E-state index contributed by atoms with van der Waals surface area (Å²) in [5, 5.41) is 2.89. The Balaban J connectivity index is 1.90. The molecule has 7 heteroatoms. The summed E-state index contributed by atoms with van der Waals surface area (Å²) in [5.41, 5.74) is 5.56. The number of hydrogen-bond acceptors (Lipinski definition) is 6. The summed E-state index contributed by atoms with van der Waals surface area (Å²) in [6.45, 7) is 1.52. The van der Waals surface area contributed by atoms with Gasteiger partial charge in [-0.2, -0.15) is 4.98 Å². The molecule has 0 radical (unpaired) electrons. The van der Waals surface area contributed by atoms with Crippen molar-refractivity contribution < 1.29 is 4.79 Å². The van der Waals surface area contributed by atoms with Gasteiger partial charge < -0.3 is 16.0 Å². The van der Waals surface area contributed by atoms with E-state index >= 15 is 0 Å². The van der Waals surface area contributed by atoms with E-state index in [0.717, 1.165) is 19.4 Å². The molecule has 0 aliphatic carbocycles. The molecule has 3 rings (SSSR count). The van der Waals surface area contributed by atoms with Gasteiger partial charge in [0.2, 0.25) is 17.8 Å². The third kappa shape index (κ3) is 1.67. The fraction of sp³-hybridized carbons (Fsp3) is 0.600. The average Bonchev–Trinajstić information content (AvgIpc) is 2.71. The quantitative estimate of drug-likeness (QED) is 0.658. The third-order valence-corrected chi connectivity index (χ3v) is 3.44. The van der Waals surface area contributed by atoms with Crippen LogP contribution in [0.3, 0.4) is 0 Å². The van der Waals surface area contributed by atoms with Gasteiger partial charge in [-0.15, -0.1) is 0 Å². The lowest BCUT2D eigenvalue weighted by Crippen LogP contribution is -2.46. The molecule has 0 spiro atoms. The highest BCUT2D eigenvalue weighted by Crippen LogP contribution is 2.29. The maximum atomic E-state index is 11.6. The minimum Gasteiger partial charge on any atom is -0.368 e. The van der Waals surface area contributed by atoms with Gasteiger partial charge in [0.15, 0.2) is 0 Å². The van der Waals surface area contributed by atoms with E-state index in [1.54, 1.807) is 0 Å². The van der Waals surface area contributed by atoms with Crippen molar-refractivity contribution in [1.29, 1.82) is 0 Å². The van der Waals surface area contributed by atoms with E-state index in [0.29, 0.717) is 12.5 Å². The minimum atomic E-state index is 0.0572. The average molecular weight is 234 g/mol. The van der Waals surface area contributed by atoms with Gasteiger partial charge in [0.25, 0.3) is 0 Å². The number of carbonyl (C=O) groups is 1. The van der Waals surface area contributed by atoms with Crippen LogP contribution < -0.4 is 16.0 Å². The lowest BCUT2D eigenvalue weighted by molar-refractivity contribution is -0.122. The Morgan fingerprint density at radius 2 is 2.35 bits per heavy atom. The van der Waals surface area contributed by atoms with E-state index < -0.39 is 0 Å². The summed E-state index contributed by atoms with van der Waals surface area (Å²) in [6, 6.07) is 0.151. The van der Waals surface area contributed by atoms with E-state index in [9.17, 15) is 4.79 Å². The minimum absolute atomic E-state index is 0.0572. The maximum absolute atomic E-state index is 11.6. The number of nitrogens with two attached hydrogens (primary N) is 1. The second-order valence-corrected chi connectivity index (χ2v) is 4.40. The summed E-state index contributed by atoms with van der Waals surface area (Å²) in [7, 11) is 0. The predicted octanol–water partition coefficient (Wildman–Crippen LogP) is -0.831. The highest BCUT2D eigenvalue weighted by molar-refractivity contribution is 5.82. The number of nitrogen functional groups attached to an aromatic ring is 1. The Hall–Kier alpha value is -1.92. The topological polar surface area (TPSA) is 97.0 Å². The molecule has 2 saturated heterocycles. The Morgan fingerprint density at radius 3 is 3.18 bits per heavy atom. The number of aromatic nitrogens is 3. The number of piperidine rings is 1. The van der Waals surface area contributed by atoms with Gasteiger partial charge in [0, 0.05) is 13.1 Å². The summed E-state index contributed by atoms with van der Waals surface area (Å²) in [6.07, 6.45) is 3.32. The molecule has 0 aromatic carbocycles. The van der Waals surface area contributed by atoms with Crippen LogP contribution in [0.1, 0.15) is 12.8 Å². The summed E-state index contributed by atoms with van der Waals surface area (Å²) in [5.74, 6) is 0.988. The Labute approximate surface area is 98.4 Å². The summed E-state index contributed by atoms with van der Waals surface area (Å²) < 4.78 is 0. The van der Waals surface area contributed by atoms with Gasteiger partial charge in [-0.05, 0) is 12.8 Å².